The molecular weight excluding hydrogens is 388 g/mol. The third-order valence-corrected chi connectivity index (χ3v) is 5.10. The van der Waals surface area contributed by atoms with Gasteiger partial charge in [-0.15, -0.1) is 10.2 Å². The summed E-state index contributed by atoms with van der Waals surface area (Å²) in [4.78, 5) is -0.642. The van der Waals surface area contributed by atoms with Crippen LogP contribution in [-0.2, 0) is 10.0 Å². The molecule has 9 heteroatoms. The van der Waals surface area contributed by atoms with Crippen LogP contribution in [0.5, 0.6) is 5.88 Å². The van der Waals surface area contributed by atoms with Crippen molar-refractivity contribution in [2.24, 2.45) is 0 Å². The van der Waals surface area contributed by atoms with E-state index >= 15 is 0 Å². The first-order valence-electron chi connectivity index (χ1n) is 8.44. The van der Waals surface area contributed by atoms with Gasteiger partial charge in [0.2, 0.25) is 5.88 Å². The lowest BCUT2D eigenvalue weighted by Gasteiger charge is -2.10. The average molecular weight is 405 g/mol. The highest BCUT2D eigenvalue weighted by Gasteiger charge is 2.20. The van der Waals surface area contributed by atoms with Crippen LogP contribution in [0.15, 0.2) is 59.5 Å². The molecule has 2 aromatic carbocycles. The fourth-order valence-corrected chi connectivity index (χ4v) is 3.51. The lowest BCUT2D eigenvalue weighted by atomic mass is 10.1. The van der Waals surface area contributed by atoms with Crippen LogP contribution in [0, 0.1) is 11.6 Å². The molecule has 0 aliphatic carbocycles. The maximum Gasteiger partial charge on any atom is 0.264 e. The highest BCUT2D eigenvalue weighted by molar-refractivity contribution is 7.92. The van der Waals surface area contributed by atoms with Crippen LogP contribution in [0.4, 0.5) is 14.5 Å². The summed E-state index contributed by atoms with van der Waals surface area (Å²) < 4.78 is 59.3. The molecule has 0 fully saturated rings. The Balaban J connectivity index is 1.83. The van der Waals surface area contributed by atoms with E-state index in [4.69, 9.17) is 4.74 Å². The van der Waals surface area contributed by atoms with Gasteiger partial charge in [-0.25, -0.2) is 17.2 Å². The maximum atomic E-state index is 13.8. The summed E-state index contributed by atoms with van der Waals surface area (Å²) in [6.45, 7) is 2.51. The van der Waals surface area contributed by atoms with E-state index in [1.807, 2.05) is 6.92 Å². The molecule has 0 amide bonds. The minimum Gasteiger partial charge on any atom is -0.477 e. The first-order valence-corrected chi connectivity index (χ1v) is 9.92. The molecule has 0 spiro atoms. The molecular formula is C19H17F2N3O3S. The van der Waals surface area contributed by atoms with E-state index in [9.17, 15) is 17.2 Å². The maximum absolute atomic E-state index is 13.8. The van der Waals surface area contributed by atoms with Gasteiger partial charge < -0.3 is 4.74 Å². The number of hydrogen-bond acceptors (Lipinski definition) is 5. The fraction of sp³-hybridized carbons (Fsp3) is 0.158. The number of ether oxygens (including phenoxy) is 1. The molecule has 0 atom stereocenters. The third-order valence-electron chi connectivity index (χ3n) is 3.69. The molecule has 146 valence electrons. The fourth-order valence-electron chi connectivity index (χ4n) is 2.40. The van der Waals surface area contributed by atoms with E-state index in [0.717, 1.165) is 18.6 Å². The number of anilines is 1. The first-order chi connectivity index (χ1) is 13.4. The molecule has 0 radical (unpaired) electrons. The van der Waals surface area contributed by atoms with Crippen molar-refractivity contribution < 1.29 is 21.9 Å². The van der Waals surface area contributed by atoms with Crippen molar-refractivity contribution in [1.82, 2.24) is 10.2 Å². The number of nitrogens with zero attached hydrogens (tertiary/aromatic N) is 2. The minimum absolute atomic E-state index is 0.203. The molecule has 0 unspecified atom stereocenters. The van der Waals surface area contributed by atoms with E-state index in [1.54, 1.807) is 24.3 Å². The van der Waals surface area contributed by atoms with Crippen molar-refractivity contribution >= 4 is 15.7 Å². The van der Waals surface area contributed by atoms with Crippen molar-refractivity contribution in [3.8, 4) is 17.1 Å². The second-order valence-corrected chi connectivity index (χ2v) is 7.52. The molecule has 1 heterocycles. The zero-order valence-electron chi connectivity index (χ0n) is 14.9. The van der Waals surface area contributed by atoms with E-state index in [-0.39, 0.29) is 5.69 Å². The SMILES string of the molecule is CCCOc1ccc(-c2cccc(NS(=O)(=O)c3ccc(F)cc3F)c2)nn1. The van der Waals surface area contributed by atoms with Crippen molar-refractivity contribution in [1.29, 1.82) is 0 Å². The molecule has 0 saturated heterocycles. The summed E-state index contributed by atoms with van der Waals surface area (Å²) in [6, 6.07) is 12.0. The van der Waals surface area contributed by atoms with E-state index < -0.39 is 26.6 Å². The number of nitrogens with one attached hydrogen (secondary N) is 1. The number of hydrogen-bond donors (Lipinski definition) is 1. The summed E-state index contributed by atoms with van der Waals surface area (Å²) in [6.07, 6.45) is 0.847. The first kappa shape index (κ1) is 19.7. The Labute approximate surface area is 161 Å². The Kier molecular flexibility index (Phi) is 5.84. The molecule has 3 aromatic rings. The molecule has 1 aromatic heterocycles. The predicted molar refractivity (Wildman–Crippen MR) is 100 cm³/mol. The highest BCUT2D eigenvalue weighted by Crippen LogP contribution is 2.24. The van der Waals surface area contributed by atoms with Crippen LogP contribution in [0.2, 0.25) is 0 Å². The summed E-state index contributed by atoms with van der Waals surface area (Å²) in [7, 11) is -4.22. The Hall–Kier alpha value is -3.07. The second kappa shape index (κ2) is 8.30. The van der Waals surface area contributed by atoms with Crippen LogP contribution in [0.25, 0.3) is 11.3 Å². The second-order valence-electron chi connectivity index (χ2n) is 5.87. The van der Waals surface area contributed by atoms with Gasteiger partial charge in [0, 0.05) is 23.4 Å². The topological polar surface area (TPSA) is 81.2 Å². The number of rotatable bonds is 7. The summed E-state index contributed by atoms with van der Waals surface area (Å²) >= 11 is 0. The number of aromatic nitrogens is 2. The summed E-state index contributed by atoms with van der Waals surface area (Å²) in [5, 5.41) is 8.04. The Morgan fingerprint density at radius 3 is 2.54 bits per heavy atom. The van der Waals surface area contributed by atoms with Gasteiger partial charge in [0.25, 0.3) is 10.0 Å². The van der Waals surface area contributed by atoms with E-state index in [2.05, 4.69) is 14.9 Å². The minimum atomic E-state index is -4.22. The molecule has 0 aliphatic rings. The van der Waals surface area contributed by atoms with Gasteiger partial charge in [0.1, 0.15) is 16.5 Å². The van der Waals surface area contributed by atoms with Crippen molar-refractivity contribution in [2.45, 2.75) is 18.2 Å². The van der Waals surface area contributed by atoms with Gasteiger partial charge in [-0.3, -0.25) is 4.72 Å². The molecule has 3 rings (SSSR count). The van der Waals surface area contributed by atoms with Gasteiger partial charge in [-0.1, -0.05) is 19.1 Å². The van der Waals surface area contributed by atoms with Gasteiger partial charge in [-0.2, -0.15) is 0 Å². The summed E-state index contributed by atoms with van der Waals surface area (Å²) in [5.41, 5.74) is 1.32. The van der Waals surface area contributed by atoms with Crippen LogP contribution in [-0.4, -0.2) is 25.2 Å². The van der Waals surface area contributed by atoms with Crippen molar-refractivity contribution in [2.75, 3.05) is 11.3 Å². The Bertz CT molecular complexity index is 1070. The smallest absolute Gasteiger partial charge is 0.264 e. The molecule has 6 nitrogen and oxygen atoms in total. The largest absolute Gasteiger partial charge is 0.477 e. The van der Waals surface area contributed by atoms with Gasteiger partial charge >= 0.3 is 0 Å². The van der Waals surface area contributed by atoms with Crippen LogP contribution in [0.3, 0.4) is 0 Å². The molecule has 28 heavy (non-hydrogen) atoms. The molecule has 0 bridgehead atoms. The molecule has 0 aliphatic heterocycles. The highest BCUT2D eigenvalue weighted by atomic mass is 32.2. The zero-order valence-corrected chi connectivity index (χ0v) is 15.7. The van der Waals surface area contributed by atoms with Crippen LogP contribution in [0.1, 0.15) is 13.3 Å². The lowest BCUT2D eigenvalue weighted by Crippen LogP contribution is -2.14. The van der Waals surface area contributed by atoms with E-state index in [1.165, 1.54) is 12.1 Å². The Morgan fingerprint density at radius 1 is 1.04 bits per heavy atom. The standard InChI is InChI=1S/C19H17F2N3O3S/c1-2-10-27-19-9-7-17(22-23-19)13-4-3-5-15(11-13)24-28(25,26)18-8-6-14(20)12-16(18)21/h3-9,11-12,24H,2,10H2,1H3. The average Bonchev–Trinajstić information content (AvgIpc) is 2.66. The monoisotopic (exact) mass is 405 g/mol. The van der Waals surface area contributed by atoms with Crippen molar-refractivity contribution in [3.63, 3.8) is 0 Å². The third kappa shape index (κ3) is 4.61. The van der Waals surface area contributed by atoms with Crippen LogP contribution < -0.4 is 9.46 Å². The number of benzene rings is 2. The van der Waals surface area contributed by atoms with Gasteiger partial charge in [-0.05, 0) is 36.8 Å². The van der Waals surface area contributed by atoms with Crippen LogP contribution >= 0.6 is 0 Å². The number of sulfonamides is 1. The number of halogens is 2. The Morgan fingerprint density at radius 2 is 1.86 bits per heavy atom. The van der Waals surface area contributed by atoms with E-state index in [0.29, 0.717) is 29.8 Å². The quantitative estimate of drug-likeness (QED) is 0.642. The molecule has 0 saturated carbocycles. The predicted octanol–water partition coefficient (Wildman–Crippen LogP) is 4.01. The van der Waals surface area contributed by atoms with Gasteiger partial charge in [0.05, 0.1) is 12.3 Å². The van der Waals surface area contributed by atoms with Crippen molar-refractivity contribution in [3.05, 3.63) is 66.2 Å². The normalized spacial score (nSPS) is 11.2. The zero-order chi connectivity index (χ0) is 20.1. The lowest BCUT2D eigenvalue weighted by molar-refractivity contribution is 0.302. The van der Waals surface area contributed by atoms with Gasteiger partial charge in [0.15, 0.2) is 0 Å². The summed E-state index contributed by atoms with van der Waals surface area (Å²) in [5.74, 6) is -1.63. The molecule has 1 N–H and O–H groups in total.